The molecule has 1 fully saturated rings. The second-order valence-electron chi connectivity index (χ2n) is 7.79. The van der Waals surface area contributed by atoms with Crippen LogP contribution in [0.5, 0.6) is 11.5 Å². The number of carbonyl (C=O) groups excluding carboxylic acids is 2. The Morgan fingerprint density at radius 2 is 1.67 bits per heavy atom. The van der Waals surface area contributed by atoms with Gasteiger partial charge >= 0.3 is 5.97 Å². The molecular weight excluding hydrogens is 418 g/mol. The molecule has 0 saturated carbocycles. The van der Waals surface area contributed by atoms with E-state index in [1.54, 1.807) is 28.7 Å². The van der Waals surface area contributed by atoms with Crippen molar-refractivity contribution in [3.8, 4) is 23.3 Å². The van der Waals surface area contributed by atoms with Crippen molar-refractivity contribution in [2.24, 2.45) is 5.92 Å². The van der Waals surface area contributed by atoms with Crippen molar-refractivity contribution in [3.63, 3.8) is 0 Å². The predicted octanol–water partition coefficient (Wildman–Crippen LogP) is 4.56. The van der Waals surface area contributed by atoms with Crippen molar-refractivity contribution in [3.05, 3.63) is 78.1 Å². The minimum Gasteiger partial charge on any atom is -0.466 e. The minimum atomic E-state index is -0.219. The van der Waals surface area contributed by atoms with Gasteiger partial charge in [-0.2, -0.15) is 5.26 Å². The van der Waals surface area contributed by atoms with E-state index in [0.717, 1.165) is 11.4 Å². The van der Waals surface area contributed by atoms with E-state index in [4.69, 9.17) is 9.47 Å². The van der Waals surface area contributed by atoms with Gasteiger partial charge in [0.2, 0.25) is 0 Å². The smallest absolute Gasteiger partial charge is 0.309 e. The van der Waals surface area contributed by atoms with Crippen molar-refractivity contribution in [2.45, 2.75) is 19.8 Å². The van der Waals surface area contributed by atoms with Crippen LogP contribution < -0.4 is 4.74 Å². The molecule has 0 atom stereocenters. The van der Waals surface area contributed by atoms with Gasteiger partial charge in [-0.15, -0.1) is 0 Å². The molecule has 0 N–H and O–H groups in total. The van der Waals surface area contributed by atoms with Gasteiger partial charge in [-0.3, -0.25) is 9.59 Å². The van der Waals surface area contributed by atoms with Crippen LogP contribution in [-0.2, 0) is 9.53 Å². The van der Waals surface area contributed by atoms with Crippen LogP contribution in [0.15, 0.2) is 66.9 Å². The van der Waals surface area contributed by atoms with Gasteiger partial charge in [-0.1, -0.05) is 18.2 Å². The molecule has 0 bridgehead atoms. The highest BCUT2D eigenvalue weighted by Crippen LogP contribution is 2.26. The van der Waals surface area contributed by atoms with Crippen LogP contribution in [0, 0.1) is 17.2 Å². The molecule has 4 rings (SSSR count). The second-order valence-corrected chi connectivity index (χ2v) is 7.79. The molecule has 0 unspecified atom stereocenters. The van der Waals surface area contributed by atoms with E-state index < -0.39 is 0 Å². The number of benzene rings is 2. The fraction of sp³-hybridized carbons (Fsp3) is 0.269. The molecule has 168 valence electrons. The van der Waals surface area contributed by atoms with Crippen molar-refractivity contribution >= 4 is 11.9 Å². The number of hydrogen-bond acceptors (Lipinski definition) is 5. The van der Waals surface area contributed by atoms with Crippen LogP contribution in [0.3, 0.4) is 0 Å². The maximum atomic E-state index is 13.4. The van der Waals surface area contributed by atoms with Gasteiger partial charge in [0.25, 0.3) is 5.91 Å². The quantitative estimate of drug-likeness (QED) is 0.522. The molecule has 0 aliphatic carbocycles. The predicted molar refractivity (Wildman–Crippen MR) is 122 cm³/mol. The van der Waals surface area contributed by atoms with E-state index in [9.17, 15) is 14.9 Å². The molecule has 1 aliphatic rings. The number of carbonyl (C=O) groups is 2. The molecular formula is C26H25N3O4. The van der Waals surface area contributed by atoms with Gasteiger partial charge in [-0.25, -0.2) is 0 Å². The van der Waals surface area contributed by atoms with Gasteiger partial charge in [0, 0.05) is 25.0 Å². The number of rotatable bonds is 6. The highest BCUT2D eigenvalue weighted by molar-refractivity contribution is 5.96. The van der Waals surface area contributed by atoms with Gasteiger partial charge in [0.05, 0.1) is 18.1 Å². The molecule has 2 aromatic carbocycles. The van der Waals surface area contributed by atoms with E-state index in [-0.39, 0.29) is 17.8 Å². The SMILES string of the molecule is CCOC(=O)C1CCN(C(=O)c2c(C#N)ccn2-c2ccc(Oc3ccccc3)cc2)CC1. The highest BCUT2D eigenvalue weighted by atomic mass is 16.5. The standard InChI is InChI=1S/C26H25N3O4/c1-2-32-26(31)19-12-15-28(16-13-19)25(30)24-20(18-27)14-17-29(24)21-8-10-23(11-9-21)33-22-6-4-3-5-7-22/h3-11,14,17,19H,2,12-13,15-16H2,1H3. The normalized spacial score (nSPS) is 13.9. The maximum Gasteiger partial charge on any atom is 0.309 e. The number of nitriles is 1. The van der Waals surface area contributed by atoms with Crippen LogP contribution >= 0.6 is 0 Å². The summed E-state index contributed by atoms with van der Waals surface area (Å²) in [4.78, 5) is 27.1. The van der Waals surface area contributed by atoms with Crippen LogP contribution in [0.4, 0.5) is 0 Å². The van der Waals surface area contributed by atoms with Crippen LogP contribution in [0.25, 0.3) is 5.69 Å². The Bertz CT molecular complexity index is 1150. The number of piperidine rings is 1. The molecule has 1 aromatic heterocycles. The largest absolute Gasteiger partial charge is 0.466 e. The number of aromatic nitrogens is 1. The summed E-state index contributed by atoms with van der Waals surface area (Å²) in [6.07, 6.45) is 2.83. The lowest BCUT2D eigenvalue weighted by atomic mass is 9.96. The zero-order valence-electron chi connectivity index (χ0n) is 18.4. The molecule has 7 nitrogen and oxygen atoms in total. The van der Waals surface area contributed by atoms with E-state index in [0.29, 0.717) is 49.5 Å². The first-order valence-electron chi connectivity index (χ1n) is 11.0. The average molecular weight is 444 g/mol. The summed E-state index contributed by atoms with van der Waals surface area (Å²) in [5.41, 5.74) is 1.39. The van der Waals surface area contributed by atoms with Gasteiger partial charge in [-0.05, 0) is 62.2 Å². The van der Waals surface area contributed by atoms with Crippen molar-refractivity contribution in [1.29, 1.82) is 5.26 Å². The third-order valence-electron chi connectivity index (χ3n) is 5.71. The summed E-state index contributed by atoms with van der Waals surface area (Å²) in [6.45, 7) is 3.03. The lowest BCUT2D eigenvalue weighted by Gasteiger charge is -2.31. The minimum absolute atomic E-state index is 0.187. The molecule has 1 aliphatic heterocycles. The van der Waals surface area contributed by atoms with E-state index >= 15 is 0 Å². The third-order valence-corrected chi connectivity index (χ3v) is 5.71. The average Bonchev–Trinajstić information content (AvgIpc) is 3.29. The van der Waals surface area contributed by atoms with Crippen molar-refractivity contribution in [2.75, 3.05) is 19.7 Å². The van der Waals surface area contributed by atoms with E-state index in [1.807, 2.05) is 54.6 Å². The Morgan fingerprint density at radius 3 is 2.30 bits per heavy atom. The summed E-state index contributed by atoms with van der Waals surface area (Å²) >= 11 is 0. The number of amides is 1. The van der Waals surface area contributed by atoms with Gasteiger partial charge in [0.1, 0.15) is 23.3 Å². The first-order valence-corrected chi connectivity index (χ1v) is 11.0. The Kier molecular flexibility index (Phi) is 6.75. The zero-order valence-corrected chi connectivity index (χ0v) is 18.4. The van der Waals surface area contributed by atoms with Gasteiger partial charge < -0.3 is 18.9 Å². The van der Waals surface area contributed by atoms with Crippen LogP contribution in [0.1, 0.15) is 35.8 Å². The Balaban J connectivity index is 1.51. The molecule has 1 amide bonds. The summed E-state index contributed by atoms with van der Waals surface area (Å²) < 4.78 is 12.7. The molecule has 7 heteroatoms. The Labute approximate surface area is 192 Å². The number of para-hydroxylation sites is 1. The summed E-state index contributed by atoms with van der Waals surface area (Å²) in [6, 6.07) is 20.6. The lowest BCUT2D eigenvalue weighted by Crippen LogP contribution is -2.41. The fourth-order valence-corrected chi connectivity index (χ4v) is 3.98. The molecule has 0 radical (unpaired) electrons. The number of likely N-dealkylation sites (tertiary alicyclic amines) is 1. The molecule has 33 heavy (non-hydrogen) atoms. The highest BCUT2D eigenvalue weighted by Gasteiger charge is 2.31. The number of esters is 1. The molecule has 1 saturated heterocycles. The van der Waals surface area contributed by atoms with E-state index in [2.05, 4.69) is 6.07 Å². The molecule has 3 aromatic rings. The van der Waals surface area contributed by atoms with Crippen molar-refractivity contribution < 1.29 is 19.1 Å². The Morgan fingerprint density at radius 1 is 1.00 bits per heavy atom. The Hall–Kier alpha value is -4.05. The molecule has 0 spiro atoms. The molecule has 2 heterocycles. The summed E-state index contributed by atoms with van der Waals surface area (Å²) in [7, 11) is 0. The van der Waals surface area contributed by atoms with E-state index in [1.165, 1.54) is 0 Å². The summed E-state index contributed by atoms with van der Waals surface area (Å²) in [5, 5.41) is 9.59. The fourth-order valence-electron chi connectivity index (χ4n) is 3.98. The monoisotopic (exact) mass is 443 g/mol. The van der Waals surface area contributed by atoms with Crippen molar-refractivity contribution in [1.82, 2.24) is 9.47 Å². The first-order chi connectivity index (χ1) is 16.1. The number of hydrogen-bond donors (Lipinski definition) is 0. The maximum absolute atomic E-state index is 13.4. The third kappa shape index (κ3) is 4.90. The summed E-state index contributed by atoms with van der Waals surface area (Å²) in [5.74, 6) is 0.798. The van der Waals surface area contributed by atoms with Crippen LogP contribution in [0.2, 0.25) is 0 Å². The zero-order chi connectivity index (χ0) is 23.2. The van der Waals surface area contributed by atoms with Crippen LogP contribution in [-0.4, -0.2) is 41.0 Å². The lowest BCUT2D eigenvalue weighted by molar-refractivity contribution is -0.149. The van der Waals surface area contributed by atoms with Gasteiger partial charge in [0.15, 0.2) is 0 Å². The number of ether oxygens (including phenoxy) is 2. The number of nitrogens with zero attached hydrogens (tertiary/aromatic N) is 3. The topological polar surface area (TPSA) is 84.6 Å². The second kappa shape index (κ2) is 10.0. The first kappa shape index (κ1) is 22.2.